The maximum absolute atomic E-state index is 13.7. The van der Waals surface area contributed by atoms with E-state index in [2.05, 4.69) is 26.6 Å². The number of hydrogen-bond acceptors (Lipinski definition) is 3. The predicted octanol–water partition coefficient (Wildman–Crippen LogP) is 2.65. The van der Waals surface area contributed by atoms with Crippen LogP contribution in [0.15, 0.2) is 22.7 Å². The molecular weight excluding hydrogens is 363 g/mol. The molecule has 6 heteroatoms. The topological polar surface area (TPSA) is 50.4 Å². The van der Waals surface area contributed by atoms with E-state index >= 15 is 0 Å². The Bertz CT molecular complexity index is 528. The van der Waals surface area contributed by atoms with Crippen LogP contribution in [0.1, 0.15) is 24.8 Å². The number of halogens is 2. The number of benzene rings is 1. The predicted molar refractivity (Wildman–Crippen MR) is 91.8 cm³/mol. The maximum Gasteiger partial charge on any atom is 0.228 e. The summed E-state index contributed by atoms with van der Waals surface area (Å²) in [6.45, 7) is 2.66. The Morgan fingerprint density at radius 1 is 1.43 bits per heavy atom. The van der Waals surface area contributed by atoms with Crippen molar-refractivity contribution in [2.24, 2.45) is 5.41 Å². The van der Waals surface area contributed by atoms with Crippen molar-refractivity contribution in [3.63, 3.8) is 0 Å². The van der Waals surface area contributed by atoms with Crippen molar-refractivity contribution in [2.45, 2.75) is 25.7 Å². The first-order chi connectivity index (χ1) is 11.1. The number of amides is 1. The van der Waals surface area contributed by atoms with E-state index < -0.39 is 5.41 Å². The molecule has 0 unspecified atom stereocenters. The minimum absolute atomic E-state index is 0.0529. The second-order valence-corrected chi connectivity index (χ2v) is 6.97. The van der Waals surface area contributed by atoms with Crippen LogP contribution in [0, 0.1) is 11.2 Å². The summed E-state index contributed by atoms with van der Waals surface area (Å²) in [5.41, 5.74) is 0.249. The number of hydrogen-bond donors (Lipinski definition) is 2. The van der Waals surface area contributed by atoms with Gasteiger partial charge in [-0.25, -0.2) is 4.39 Å². The van der Waals surface area contributed by atoms with Crippen molar-refractivity contribution in [2.75, 3.05) is 33.4 Å². The molecule has 1 aliphatic rings. The third-order valence-corrected chi connectivity index (χ3v) is 4.88. The van der Waals surface area contributed by atoms with Gasteiger partial charge in [0.05, 0.1) is 12.0 Å². The number of carbonyl (C=O) groups is 1. The zero-order chi connectivity index (χ0) is 16.7. The molecule has 128 valence electrons. The van der Waals surface area contributed by atoms with Gasteiger partial charge in [0.15, 0.2) is 0 Å². The lowest BCUT2D eigenvalue weighted by atomic mass is 9.78. The normalized spacial score (nSPS) is 17.0. The molecule has 1 aliphatic heterocycles. The van der Waals surface area contributed by atoms with Gasteiger partial charge in [-0.05, 0) is 56.5 Å². The van der Waals surface area contributed by atoms with Gasteiger partial charge < -0.3 is 15.4 Å². The molecule has 0 atom stereocenters. The summed E-state index contributed by atoms with van der Waals surface area (Å²) in [6, 6.07) is 5.08. The van der Waals surface area contributed by atoms with Gasteiger partial charge in [0.2, 0.25) is 5.91 Å². The number of nitrogens with one attached hydrogen (secondary N) is 2. The highest BCUT2D eigenvalue weighted by Gasteiger charge is 2.39. The molecule has 1 fully saturated rings. The van der Waals surface area contributed by atoms with Crippen LogP contribution in [-0.4, -0.2) is 39.3 Å². The summed E-state index contributed by atoms with van der Waals surface area (Å²) in [7, 11) is 1.63. The van der Waals surface area contributed by atoms with Crippen molar-refractivity contribution in [1.82, 2.24) is 10.6 Å². The van der Waals surface area contributed by atoms with Gasteiger partial charge in [-0.1, -0.05) is 22.0 Å². The highest BCUT2D eigenvalue weighted by Crippen LogP contribution is 2.29. The van der Waals surface area contributed by atoms with E-state index in [-0.39, 0.29) is 11.7 Å². The van der Waals surface area contributed by atoms with Gasteiger partial charge in [0.1, 0.15) is 5.82 Å². The first-order valence-corrected chi connectivity index (χ1v) is 8.78. The highest BCUT2D eigenvalue weighted by molar-refractivity contribution is 9.10. The zero-order valence-corrected chi connectivity index (χ0v) is 15.0. The number of carbonyl (C=O) groups excluding carboxylic acids is 1. The molecule has 1 aromatic rings. The average Bonchev–Trinajstić information content (AvgIpc) is 2.54. The van der Waals surface area contributed by atoms with Gasteiger partial charge in [-0.3, -0.25) is 4.79 Å². The monoisotopic (exact) mass is 386 g/mol. The lowest BCUT2D eigenvalue weighted by Crippen LogP contribution is -2.50. The second-order valence-electron chi connectivity index (χ2n) is 6.06. The second kappa shape index (κ2) is 8.76. The minimum Gasteiger partial charge on any atom is -0.384 e. The van der Waals surface area contributed by atoms with Crippen molar-refractivity contribution >= 4 is 21.8 Å². The quantitative estimate of drug-likeness (QED) is 0.708. The van der Waals surface area contributed by atoms with Gasteiger partial charge >= 0.3 is 0 Å². The van der Waals surface area contributed by atoms with Gasteiger partial charge in [0, 0.05) is 18.1 Å². The number of methoxy groups -OCH3 is 1. The van der Waals surface area contributed by atoms with Crippen LogP contribution >= 0.6 is 15.9 Å². The minimum atomic E-state index is -0.428. The highest BCUT2D eigenvalue weighted by atomic mass is 79.9. The molecule has 0 radical (unpaired) electrons. The van der Waals surface area contributed by atoms with Crippen LogP contribution in [0.4, 0.5) is 4.39 Å². The van der Waals surface area contributed by atoms with E-state index in [0.29, 0.717) is 31.6 Å². The fourth-order valence-corrected chi connectivity index (χ4v) is 3.34. The van der Waals surface area contributed by atoms with Crippen LogP contribution in [0.25, 0.3) is 0 Å². The Morgan fingerprint density at radius 3 is 2.83 bits per heavy atom. The third kappa shape index (κ3) is 4.99. The molecule has 1 saturated heterocycles. The Balaban J connectivity index is 1.81. The Kier molecular flexibility index (Phi) is 6.99. The molecule has 0 saturated carbocycles. The molecule has 1 amide bonds. The molecular formula is C17H24BrFN2O2. The van der Waals surface area contributed by atoms with Crippen molar-refractivity contribution < 1.29 is 13.9 Å². The summed E-state index contributed by atoms with van der Waals surface area (Å²) in [6.07, 6.45) is 2.89. The molecule has 0 spiro atoms. The number of piperidine rings is 1. The van der Waals surface area contributed by atoms with Gasteiger partial charge in [0.25, 0.3) is 0 Å². The molecule has 0 aliphatic carbocycles. The van der Waals surface area contributed by atoms with Crippen LogP contribution in [0.5, 0.6) is 0 Å². The van der Waals surface area contributed by atoms with Gasteiger partial charge in [-0.15, -0.1) is 0 Å². The Hall–Kier alpha value is -0.980. The lowest BCUT2D eigenvalue weighted by molar-refractivity contribution is -0.136. The number of ether oxygens (including phenoxy) is 1. The largest absolute Gasteiger partial charge is 0.384 e. The van der Waals surface area contributed by atoms with E-state index in [9.17, 15) is 9.18 Å². The van der Waals surface area contributed by atoms with E-state index in [4.69, 9.17) is 4.74 Å². The van der Waals surface area contributed by atoms with Crippen LogP contribution in [0.2, 0.25) is 0 Å². The first kappa shape index (κ1) is 18.4. The molecule has 1 heterocycles. The molecule has 0 bridgehead atoms. The molecule has 0 aromatic heterocycles. The third-order valence-electron chi connectivity index (χ3n) is 4.39. The molecule has 2 N–H and O–H groups in total. The Morgan fingerprint density at radius 2 is 2.17 bits per heavy atom. The van der Waals surface area contributed by atoms with Crippen molar-refractivity contribution in [3.8, 4) is 0 Å². The Labute approximate surface area is 145 Å². The fourth-order valence-electron chi connectivity index (χ4n) is 3.01. The zero-order valence-electron chi connectivity index (χ0n) is 13.5. The molecule has 2 rings (SSSR count). The van der Waals surface area contributed by atoms with Crippen molar-refractivity contribution in [3.05, 3.63) is 34.1 Å². The standard InChI is InChI=1S/C17H24BrFN2O2/c1-23-12-17(6-9-20-10-7-17)16(22)21-8-2-3-13-4-5-14(18)11-15(13)19/h4-5,11,20H,2-3,6-10,12H2,1H3,(H,21,22). The molecule has 4 nitrogen and oxygen atoms in total. The van der Waals surface area contributed by atoms with Crippen LogP contribution in [0.3, 0.4) is 0 Å². The number of aryl methyl sites for hydroxylation is 1. The summed E-state index contributed by atoms with van der Waals surface area (Å²) in [5.74, 6) is -0.156. The number of rotatable bonds is 7. The smallest absolute Gasteiger partial charge is 0.228 e. The van der Waals surface area contributed by atoms with Crippen molar-refractivity contribution in [1.29, 1.82) is 0 Å². The van der Waals surface area contributed by atoms with E-state index in [1.807, 2.05) is 6.07 Å². The molecule has 23 heavy (non-hydrogen) atoms. The van der Waals surface area contributed by atoms with Crippen LogP contribution in [-0.2, 0) is 16.0 Å². The van der Waals surface area contributed by atoms with Crippen LogP contribution < -0.4 is 10.6 Å². The summed E-state index contributed by atoms with van der Waals surface area (Å²) in [4.78, 5) is 12.5. The van der Waals surface area contributed by atoms with E-state index in [1.54, 1.807) is 13.2 Å². The SMILES string of the molecule is COCC1(C(=O)NCCCc2ccc(Br)cc2F)CCNCC1. The average molecular weight is 387 g/mol. The lowest BCUT2D eigenvalue weighted by Gasteiger charge is -2.35. The summed E-state index contributed by atoms with van der Waals surface area (Å²) in [5, 5.41) is 6.27. The summed E-state index contributed by atoms with van der Waals surface area (Å²) < 4.78 is 19.7. The van der Waals surface area contributed by atoms with E-state index in [1.165, 1.54) is 6.07 Å². The summed E-state index contributed by atoms with van der Waals surface area (Å²) >= 11 is 3.25. The first-order valence-electron chi connectivity index (χ1n) is 7.99. The molecule has 1 aromatic carbocycles. The van der Waals surface area contributed by atoms with E-state index in [0.717, 1.165) is 30.4 Å². The van der Waals surface area contributed by atoms with Gasteiger partial charge in [-0.2, -0.15) is 0 Å². The maximum atomic E-state index is 13.7. The fraction of sp³-hybridized carbons (Fsp3) is 0.588.